The molecule has 0 spiro atoms. The second-order valence-electron chi connectivity index (χ2n) is 6.01. The molecule has 1 heterocycles. The van der Waals surface area contributed by atoms with Gasteiger partial charge in [0, 0.05) is 5.38 Å². The van der Waals surface area contributed by atoms with Crippen LogP contribution < -0.4 is 0 Å². The molecule has 0 aromatic carbocycles. The molecule has 23 heavy (non-hydrogen) atoms. The van der Waals surface area contributed by atoms with Crippen molar-refractivity contribution in [2.45, 2.75) is 74.1 Å². The zero-order valence-corrected chi connectivity index (χ0v) is 17.4. The molecule has 0 amide bonds. The van der Waals surface area contributed by atoms with E-state index >= 15 is 0 Å². The van der Waals surface area contributed by atoms with Gasteiger partial charge in [-0.15, -0.1) is 23.1 Å². The van der Waals surface area contributed by atoms with E-state index in [1.165, 1.54) is 39.3 Å². The highest BCUT2D eigenvalue weighted by Gasteiger charge is 2.10. The Labute approximate surface area is 151 Å². The summed E-state index contributed by atoms with van der Waals surface area (Å²) in [6.07, 6.45) is 4.52. The van der Waals surface area contributed by atoms with Crippen LogP contribution in [-0.4, -0.2) is 4.98 Å². The predicted octanol–water partition coefficient (Wildman–Crippen LogP) is 7.92. The lowest BCUT2D eigenvalue weighted by Crippen LogP contribution is -1.90. The van der Waals surface area contributed by atoms with Crippen LogP contribution in [-0.2, 0) is 0 Å². The first-order valence-electron chi connectivity index (χ1n) is 8.59. The van der Waals surface area contributed by atoms with E-state index in [1.54, 1.807) is 11.3 Å². The molecule has 128 valence electrons. The fourth-order valence-electron chi connectivity index (χ4n) is 2.19. The second kappa shape index (κ2) is 10.1. The highest BCUT2D eigenvalue weighted by atomic mass is 32.2. The number of aromatic nitrogens is 1. The quantitative estimate of drug-likeness (QED) is 0.472. The summed E-state index contributed by atoms with van der Waals surface area (Å²) < 4.78 is 0. The molecule has 1 aromatic rings. The van der Waals surface area contributed by atoms with E-state index in [1.807, 2.05) is 11.8 Å². The van der Waals surface area contributed by atoms with Crippen LogP contribution in [0.5, 0.6) is 0 Å². The van der Waals surface area contributed by atoms with Gasteiger partial charge in [-0.3, -0.25) is 0 Å². The van der Waals surface area contributed by atoms with Crippen LogP contribution in [0.2, 0.25) is 0 Å². The molecule has 1 aromatic heterocycles. The average molecular weight is 350 g/mol. The molecule has 0 saturated heterocycles. The lowest BCUT2D eigenvalue weighted by molar-refractivity contribution is 0.945. The Hall–Kier alpha value is -0.800. The molecule has 0 unspecified atom stereocenters. The van der Waals surface area contributed by atoms with Crippen molar-refractivity contribution in [3.63, 3.8) is 0 Å². The molecule has 0 saturated carbocycles. The molecule has 0 radical (unpaired) electrons. The smallest absolute Gasteiger partial charge is 0.120 e. The van der Waals surface area contributed by atoms with Crippen molar-refractivity contribution in [2.24, 2.45) is 0 Å². The summed E-state index contributed by atoms with van der Waals surface area (Å²) in [5.41, 5.74) is 6.82. The Morgan fingerprint density at radius 1 is 1.09 bits per heavy atom. The van der Waals surface area contributed by atoms with Crippen molar-refractivity contribution in [3.8, 4) is 0 Å². The number of rotatable bonds is 8. The van der Waals surface area contributed by atoms with Crippen LogP contribution >= 0.6 is 23.1 Å². The van der Waals surface area contributed by atoms with Gasteiger partial charge in [-0.2, -0.15) is 0 Å². The molecule has 0 N–H and O–H groups in total. The fourth-order valence-corrected chi connectivity index (χ4v) is 3.89. The summed E-state index contributed by atoms with van der Waals surface area (Å²) in [6, 6.07) is 0. The molecule has 0 fully saturated rings. The predicted molar refractivity (Wildman–Crippen MR) is 110 cm³/mol. The Morgan fingerprint density at radius 3 is 2.30 bits per heavy atom. The average Bonchev–Trinajstić information content (AvgIpc) is 3.05. The molecular weight excluding hydrogens is 318 g/mol. The van der Waals surface area contributed by atoms with Crippen LogP contribution in [0, 0.1) is 0 Å². The summed E-state index contributed by atoms with van der Waals surface area (Å²) in [5, 5.41) is 5.61. The van der Waals surface area contributed by atoms with Gasteiger partial charge in [0.25, 0.3) is 0 Å². The maximum absolute atomic E-state index is 4.90. The van der Waals surface area contributed by atoms with Gasteiger partial charge >= 0.3 is 0 Å². The first kappa shape index (κ1) is 20.2. The highest BCUT2D eigenvalue weighted by Crippen LogP contribution is 2.31. The van der Waals surface area contributed by atoms with Crippen LogP contribution in [0.4, 0.5) is 0 Å². The molecule has 0 atom stereocenters. The molecular formula is C20H31NS2. The molecule has 3 heteroatoms. The minimum absolute atomic E-state index is 1.10. The minimum Gasteiger partial charge on any atom is -0.237 e. The van der Waals surface area contributed by atoms with Crippen molar-refractivity contribution in [1.29, 1.82) is 0 Å². The van der Waals surface area contributed by atoms with Gasteiger partial charge in [0.1, 0.15) is 5.01 Å². The molecule has 1 nitrogen and oxygen atoms in total. The first-order valence-corrected chi connectivity index (χ1v) is 10.3. The standard InChI is InChI=1S/C20H31NS2/c1-8-11-18(15(5)10-3)19-13-23-20(21-19)16(6)12-22-17(7)14(4)9-2/h12-13H,8-11H2,1-7H3/b16-12+,17-14+,18-15+. The van der Waals surface area contributed by atoms with Crippen molar-refractivity contribution in [3.05, 3.63) is 37.5 Å². The van der Waals surface area contributed by atoms with Gasteiger partial charge in [-0.25, -0.2) is 4.98 Å². The van der Waals surface area contributed by atoms with Gasteiger partial charge in [0.15, 0.2) is 0 Å². The van der Waals surface area contributed by atoms with Gasteiger partial charge in [0.2, 0.25) is 0 Å². The van der Waals surface area contributed by atoms with Crippen molar-refractivity contribution in [2.75, 3.05) is 0 Å². The van der Waals surface area contributed by atoms with Crippen LogP contribution in [0.1, 0.15) is 84.9 Å². The van der Waals surface area contributed by atoms with Crippen LogP contribution in [0.3, 0.4) is 0 Å². The Morgan fingerprint density at radius 2 is 1.74 bits per heavy atom. The lowest BCUT2D eigenvalue weighted by Gasteiger charge is -2.07. The highest BCUT2D eigenvalue weighted by molar-refractivity contribution is 8.06. The molecule has 0 bridgehead atoms. The third-order valence-corrected chi connectivity index (χ3v) is 6.39. The third kappa shape index (κ3) is 5.96. The van der Waals surface area contributed by atoms with Crippen molar-refractivity contribution < 1.29 is 0 Å². The van der Waals surface area contributed by atoms with Crippen molar-refractivity contribution >= 4 is 34.2 Å². The number of hydrogen-bond donors (Lipinski definition) is 0. The summed E-state index contributed by atoms with van der Waals surface area (Å²) in [5.74, 6) is 0. The van der Waals surface area contributed by atoms with E-state index in [4.69, 9.17) is 4.98 Å². The van der Waals surface area contributed by atoms with E-state index < -0.39 is 0 Å². The Balaban J connectivity index is 2.98. The first-order chi connectivity index (χ1) is 10.9. The lowest BCUT2D eigenvalue weighted by atomic mass is 10.0. The van der Waals surface area contributed by atoms with Gasteiger partial charge < -0.3 is 0 Å². The number of thiazole rings is 1. The topological polar surface area (TPSA) is 12.9 Å². The van der Waals surface area contributed by atoms with E-state index in [0.29, 0.717) is 0 Å². The van der Waals surface area contributed by atoms with E-state index in [0.717, 1.165) is 24.3 Å². The SMILES string of the molecule is CCC/C(=C(/C)CC)c1csc(/C(C)=C/S/C(C)=C(\C)CC)n1. The zero-order valence-electron chi connectivity index (χ0n) is 15.7. The number of thioether (sulfide) groups is 1. The summed E-state index contributed by atoms with van der Waals surface area (Å²) in [7, 11) is 0. The van der Waals surface area contributed by atoms with Crippen molar-refractivity contribution in [1.82, 2.24) is 4.98 Å². The van der Waals surface area contributed by atoms with Gasteiger partial charge in [-0.1, -0.05) is 38.3 Å². The maximum atomic E-state index is 4.90. The fraction of sp³-hybridized carbons (Fsp3) is 0.550. The molecule has 1 rings (SSSR count). The van der Waals surface area contributed by atoms with Gasteiger partial charge in [-0.05, 0) is 68.4 Å². The van der Waals surface area contributed by atoms with E-state index in [9.17, 15) is 0 Å². The van der Waals surface area contributed by atoms with Crippen LogP contribution in [0.25, 0.3) is 11.1 Å². The Bertz CT molecular complexity index is 603. The van der Waals surface area contributed by atoms with E-state index in [2.05, 4.69) is 59.3 Å². The summed E-state index contributed by atoms with van der Waals surface area (Å²) in [6.45, 7) is 15.5. The number of nitrogens with zero attached hydrogens (tertiary/aromatic N) is 1. The second-order valence-corrected chi connectivity index (χ2v) is 7.95. The number of allylic oxidation sites excluding steroid dienone is 5. The number of hydrogen-bond acceptors (Lipinski definition) is 3. The normalized spacial score (nSPS) is 14.7. The Kier molecular flexibility index (Phi) is 8.93. The molecule has 0 aliphatic rings. The monoisotopic (exact) mass is 349 g/mol. The van der Waals surface area contributed by atoms with Gasteiger partial charge in [0.05, 0.1) is 5.69 Å². The van der Waals surface area contributed by atoms with Crippen LogP contribution in [0.15, 0.2) is 26.8 Å². The zero-order chi connectivity index (χ0) is 17.4. The minimum atomic E-state index is 1.10. The largest absolute Gasteiger partial charge is 0.237 e. The maximum Gasteiger partial charge on any atom is 0.120 e. The third-order valence-electron chi connectivity index (χ3n) is 4.24. The molecule has 0 aliphatic carbocycles. The van der Waals surface area contributed by atoms with E-state index in [-0.39, 0.29) is 0 Å². The summed E-state index contributed by atoms with van der Waals surface area (Å²) >= 11 is 3.59. The summed E-state index contributed by atoms with van der Waals surface area (Å²) in [4.78, 5) is 6.30. The molecule has 0 aliphatic heterocycles.